The normalized spacial score (nSPS) is 18.2. The number of aryl methyl sites for hydroxylation is 1. The van der Waals surface area contributed by atoms with Crippen molar-refractivity contribution in [2.75, 3.05) is 31.1 Å². The Morgan fingerprint density at radius 2 is 1.81 bits per heavy atom. The average Bonchev–Trinajstić information content (AvgIpc) is 3.47. The maximum absolute atomic E-state index is 11.3. The van der Waals surface area contributed by atoms with Crippen molar-refractivity contribution in [3.63, 3.8) is 0 Å². The zero-order valence-corrected chi connectivity index (χ0v) is 15.7. The monoisotopic (exact) mass is 349 g/mol. The lowest BCUT2D eigenvalue weighted by atomic mass is 10.00. The second-order valence-electron chi connectivity index (χ2n) is 7.69. The van der Waals surface area contributed by atoms with Gasteiger partial charge in [-0.2, -0.15) is 0 Å². The van der Waals surface area contributed by atoms with E-state index in [1.165, 1.54) is 24.0 Å². The van der Waals surface area contributed by atoms with Crippen LogP contribution in [0.4, 0.5) is 5.82 Å². The van der Waals surface area contributed by atoms with Crippen molar-refractivity contribution >= 4 is 11.6 Å². The molecule has 1 aromatic heterocycles. The van der Waals surface area contributed by atoms with Gasteiger partial charge in [-0.05, 0) is 49.4 Å². The minimum atomic E-state index is 0.196. The van der Waals surface area contributed by atoms with Crippen molar-refractivity contribution in [2.45, 2.75) is 39.2 Å². The smallest absolute Gasteiger partial charge is 0.134 e. The van der Waals surface area contributed by atoms with Crippen molar-refractivity contribution < 1.29 is 4.79 Å². The number of piperazine rings is 1. The van der Waals surface area contributed by atoms with E-state index >= 15 is 0 Å². The van der Waals surface area contributed by atoms with Gasteiger partial charge in [0.25, 0.3) is 0 Å². The number of carbonyl (C=O) groups excluding carboxylic acids is 1. The summed E-state index contributed by atoms with van der Waals surface area (Å²) in [6.45, 7) is 8.25. The van der Waals surface area contributed by atoms with Gasteiger partial charge in [-0.25, -0.2) is 4.98 Å². The molecular formula is C22H27N3O. The van der Waals surface area contributed by atoms with Crippen molar-refractivity contribution in [3.05, 3.63) is 47.7 Å². The van der Waals surface area contributed by atoms with Crippen molar-refractivity contribution in [3.8, 4) is 11.1 Å². The first-order valence-electron chi connectivity index (χ1n) is 9.64. The van der Waals surface area contributed by atoms with Gasteiger partial charge in [-0.3, -0.25) is 9.69 Å². The molecule has 0 amide bonds. The Balaban J connectivity index is 1.46. The molecule has 0 radical (unpaired) electrons. The van der Waals surface area contributed by atoms with Crippen LogP contribution in [-0.4, -0.2) is 47.9 Å². The molecule has 0 spiro atoms. The summed E-state index contributed by atoms with van der Waals surface area (Å²) in [6, 6.07) is 11.3. The number of carbonyl (C=O) groups is 1. The number of anilines is 1. The quantitative estimate of drug-likeness (QED) is 0.828. The summed E-state index contributed by atoms with van der Waals surface area (Å²) in [5.41, 5.74) is 4.64. The lowest BCUT2D eigenvalue weighted by Crippen LogP contribution is -2.47. The highest BCUT2D eigenvalue weighted by Crippen LogP contribution is 2.29. The summed E-state index contributed by atoms with van der Waals surface area (Å²) >= 11 is 0. The molecule has 4 nitrogen and oxygen atoms in total. The van der Waals surface area contributed by atoms with Gasteiger partial charge >= 0.3 is 0 Å². The van der Waals surface area contributed by atoms with Crippen LogP contribution in [0.5, 0.6) is 0 Å². The molecule has 1 saturated carbocycles. The maximum Gasteiger partial charge on any atom is 0.134 e. The molecule has 4 rings (SSSR count). The van der Waals surface area contributed by atoms with Gasteiger partial charge in [0.05, 0.1) is 0 Å². The van der Waals surface area contributed by atoms with Crippen LogP contribution in [0.1, 0.15) is 30.9 Å². The van der Waals surface area contributed by atoms with Crippen molar-refractivity contribution in [1.29, 1.82) is 0 Å². The summed E-state index contributed by atoms with van der Waals surface area (Å²) < 4.78 is 0. The van der Waals surface area contributed by atoms with Gasteiger partial charge < -0.3 is 4.90 Å². The van der Waals surface area contributed by atoms with Crippen LogP contribution in [0.25, 0.3) is 11.1 Å². The Morgan fingerprint density at radius 3 is 2.38 bits per heavy atom. The zero-order valence-electron chi connectivity index (χ0n) is 15.7. The molecule has 1 saturated heterocycles. The molecule has 0 N–H and O–H groups in total. The van der Waals surface area contributed by atoms with E-state index in [9.17, 15) is 4.79 Å². The molecule has 1 aliphatic heterocycles. The number of ketones is 1. The second-order valence-corrected chi connectivity index (χ2v) is 7.69. The van der Waals surface area contributed by atoms with E-state index < -0.39 is 0 Å². The number of rotatable bonds is 5. The molecule has 0 bridgehead atoms. The number of hydrogen-bond acceptors (Lipinski definition) is 4. The van der Waals surface area contributed by atoms with E-state index in [2.05, 4.69) is 34.9 Å². The molecule has 136 valence electrons. The number of Topliss-reactive ketones (excluding diaryl/α,β-unsaturated/α-hetero) is 1. The molecule has 2 aromatic rings. The molecule has 1 aliphatic carbocycles. The summed E-state index contributed by atoms with van der Waals surface area (Å²) in [5.74, 6) is 1.29. The minimum Gasteiger partial charge on any atom is -0.354 e. The van der Waals surface area contributed by atoms with E-state index in [0.29, 0.717) is 6.42 Å². The fraction of sp³-hybridized carbons (Fsp3) is 0.455. The summed E-state index contributed by atoms with van der Waals surface area (Å²) in [6.07, 6.45) is 5.27. The van der Waals surface area contributed by atoms with Gasteiger partial charge in [0.1, 0.15) is 11.6 Å². The van der Waals surface area contributed by atoms with E-state index in [1.807, 2.05) is 18.3 Å². The fourth-order valence-electron chi connectivity index (χ4n) is 3.86. The standard InChI is InChI=1S/C22H27N3O/c1-16-13-22(25-11-9-24(10-12-25)20-7-8-20)23-15-21(16)19-5-3-18(4-6-19)14-17(2)26/h3-6,13,15,20H,7-12,14H2,1-2H3. The van der Waals surface area contributed by atoms with Crippen molar-refractivity contribution in [1.82, 2.24) is 9.88 Å². The molecule has 0 unspecified atom stereocenters. The third kappa shape index (κ3) is 3.80. The first kappa shape index (κ1) is 17.2. The van der Waals surface area contributed by atoms with Crippen molar-refractivity contribution in [2.24, 2.45) is 0 Å². The van der Waals surface area contributed by atoms with Crippen LogP contribution in [0.15, 0.2) is 36.5 Å². The number of pyridine rings is 1. The lowest BCUT2D eigenvalue weighted by molar-refractivity contribution is -0.116. The van der Waals surface area contributed by atoms with E-state index in [4.69, 9.17) is 4.98 Å². The average molecular weight is 349 g/mol. The molecule has 4 heteroatoms. The number of aromatic nitrogens is 1. The maximum atomic E-state index is 11.3. The highest BCUT2D eigenvalue weighted by Gasteiger charge is 2.31. The third-order valence-electron chi connectivity index (χ3n) is 5.52. The van der Waals surface area contributed by atoms with E-state index in [0.717, 1.165) is 49.2 Å². The van der Waals surface area contributed by atoms with Crippen LogP contribution < -0.4 is 4.90 Å². The molecule has 2 fully saturated rings. The predicted molar refractivity (Wildman–Crippen MR) is 106 cm³/mol. The Morgan fingerprint density at radius 1 is 1.12 bits per heavy atom. The lowest BCUT2D eigenvalue weighted by Gasteiger charge is -2.35. The van der Waals surface area contributed by atoms with E-state index in [-0.39, 0.29) is 5.78 Å². The van der Waals surface area contributed by atoms with Gasteiger partial charge in [0.15, 0.2) is 0 Å². The molecular weight excluding hydrogens is 322 g/mol. The van der Waals surface area contributed by atoms with Crippen LogP contribution >= 0.6 is 0 Å². The number of nitrogens with zero attached hydrogens (tertiary/aromatic N) is 3. The minimum absolute atomic E-state index is 0.196. The third-order valence-corrected chi connectivity index (χ3v) is 5.52. The van der Waals surface area contributed by atoms with Gasteiger partial charge in [0, 0.05) is 50.4 Å². The topological polar surface area (TPSA) is 36.4 Å². The zero-order chi connectivity index (χ0) is 18.1. The molecule has 0 atom stereocenters. The van der Waals surface area contributed by atoms with Crippen LogP contribution in [-0.2, 0) is 11.2 Å². The van der Waals surface area contributed by atoms with Crippen LogP contribution in [0, 0.1) is 6.92 Å². The SMILES string of the molecule is CC(=O)Cc1ccc(-c2cnc(N3CCN(C4CC4)CC3)cc2C)cc1. The number of hydrogen-bond donors (Lipinski definition) is 0. The molecule has 1 aromatic carbocycles. The van der Waals surface area contributed by atoms with Crippen LogP contribution in [0.3, 0.4) is 0 Å². The Hall–Kier alpha value is -2.20. The summed E-state index contributed by atoms with van der Waals surface area (Å²) in [7, 11) is 0. The van der Waals surface area contributed by atoms with E-state index in [1.54, 1.807) is 6.92 Å². The largest absolute Gasteiger partial charge is 0.354 e. The Bertz CT molecular complexity index is 788. The first-order chi connectivity index (χ1) is 12.6. The molecule has 2 aliphatic rings. The fourth-order valence-corrected chi connectivity index (χ4v) is 3.86. The van der Waals surface area contributed by atoms with Gasteiger partial charge in [0.2, 0.25) is 0 Å². The highest BCUT2D eigenvalue weighted by atomic mass is 16.1. The van der Waals surface area contributed by atoms with Crippen LogP contribution in [0.2, 0.25) is 0 Å². The number of benzene rings is 1. The predicted octanol–water partition coefficient (Wildman–Crippen LogP) is 3.47. The molecule has 2 heterocycles. The first-order valence-corrected chi connectivity index (χ1v) is 9.64. The van der Waals surface area contributed by atoms with Gasteiger partial charge in [-0.1, -0.05) is 24.3 Å². The highest BCUT2D eigenvalue weighted by molar-refractivity contribution is 5.78. The second kappa shape index (κ2) is 7.20. The Kier molecular flexibility index (Phi) is 4.77. The summed E-state index contributed by atoms with van der Waals surface area (Å²) in [4.78, 5) is 21.0. The summed E-state index contributed by atoms with van der Waals surface area (Å²) in [5, 5.41) is 0. The van der Waals surface area contributed by atoms with Gasteiger partial charge in [-0.15, -0.1) is 0 Å². The molecule has 26 heavy (non-hydrogen) atoms. The Labute approximate surface area is 155 Å².